The third-order valence-corrected chi connectivity index (χ3v) is 10.5. The molecule has 39 heavy (non-hydrogen) atoms. The van der Waals surface area contributed by atoms with E-state index in [9.17, 15) is 24.3 Å². The minimum absolute atomic E-state index is 0.166. The molecule has 0 spiro atoms. The van der Waals surface area contributed by atoms with Gasteiger partial charge in [0, 0.05) is 9.75 Å². The summed E-state index contributed by atoms with van der Waals surface area (Å²) in [7, 11) is 0. The molecule has 3 aromatic rings. The van der Waals surface area contributed by atoms with Crippen molar-refractivity contribution in [3.05, 3.63) is 80.1 Å². The van der Waals surface area contributed by atoms with E-state index in [4.69, 9.17) is 4.42 Å². The summed E-state index contributed by atoms with van der Waals surface area (Å²) in [5.74, 6) is -3.13. The summed E-state index contributed by atoms with van der Waals surface area (Å²) in [4.78, 5) is 59.4. The number of amides is 4. The summed E-state index contributed by atoms with van der Waals surface area (Å²) in [6.45, 7) is 0.191. The van der Waals surface area contributed by atoms with E-state index in [-0.39, 0.29) is 49.2 Å². The smallest absolute Gasteiger partial charge is 0.234 e. The first kappa shape index (κ1) is 24.7. The Morgan fingerprint density at radius 3 is 2.03 bits per heavy atom. The Morgan fingerprint density at radius 1 is 0.795 bits per heavy atom. The number of furan rings is 1. The second kappa shape index (κ2) is 9.39. The number of carbonyl (C=O) groups is 4. The first-order chi connectivity index (χ1) is 19.0. The molecule has 1 saturated carbocycles. The molecule has 1 N–H and O–H groups in total. The number of thiophene rings is 2. The number of allylic oxidation sites excluding steroid dienone is 2. The van der Waals surface area contributed by atoms with Gasteiger partial charge in [-0.25, -0.2) is 0 Å². The average molecular weight is 563 g/mol. The third kappa shape index (κ3) is 3.80. The van der Waals surface area contributed by atoms with Crippen molar-refractivity contribution in [2.24, 2.45) is 29.6 Å². The minimum Gasteiger partial charge on any atom is -0.463 e. The summed E-state index contributed by atoms with van der Waals surface area (Å²) in [6, 6.07) is 11.1. The summed E-state index contributed by atoms with van der Waals surface area (Å²) in [5.41, 5.74) is 0.898. The lowest BCUT2D eigenvalue weighted by Gasteiger charge is -2.43. The lowest BCUT2D eigenvalue weighted by Crippen LogP contribution is -2.42. The summed E-state index contributed by atoms with van der Waals surface area (Å²) in [6.07, 6.45) is 2.76. The lowest BCUT2D eigenvalue weighted by molar-refractivity contribution is -0.142. The maximum Gasteiger partial charge on any atom is 0.234 e. The number of fused-ring (bicyclic) bond motifs is 4. The van der Waals surface area contributed by atoms with E-state index in [0.717, 1.165) is 15.3 Å². The zero-order chi connectivity index (χ0) is 26.8. The van der Waals surface area contributed by atoms with Crippen LogP contribution < -0.4 is 0 Å². The van der Waals surface area contributed by atoms with Gasteiger partial charge in [-0.3, -0.25) is 29.0 Å². The average Bonchev–Trinajstić information content (AvgIpc) is 3.78. The molecule has 6 atom stereocenters. The molecule has 3 aromatic heterocycles. The number of nitrogens with zero attached hydrogens (tertiary/aromatic N) is 2. The van der Waals surface area contributed by atoms with Crippen molar-refractivity contribution in [2.45, 2.75) is 38.5 Å². The van der Waals surface area contributed by atoms with Crippen molar-refractivity contribution in [3.63, 3.8) is 0 Å². The Hall–Kier alpha value is -3.34. The highest BCUT2D eigenvalue weighted by molar-refractivity contribution is 7.10. The maximum atomic E-state index is 13.8. The van der Waals surface area contributed by atoms with Crippen molar-refractivity contribution >= 4 is 46.3 Å². The van der Waals surface area contributed by atoms with Crippen LogP contribution in [-0.4, -0.2) is 38.5 Å². The van der Waals surface area contributed by atoms with Gasteiger partial charge < -0.3 is 9.52 Å². The quantitative estimate of drug-likeness (QED) is 0.360. The summed E-state index contributed by atoms with van der Waals surface area (Å²) >= 11 is 3.00. The van der Waals surface area contributed by atoms with Gasteiger partial charge in [-0.2, -0.15) is 0 Å². The van der Waals surface area contributed by atoms with Crippen molar-refractivity contribution in [1.82, 2.24) is 9.80 Å². The molecular weight excluding hydrogens is 536 g/mol. The van der Waals surface area contributed by atoms with Crippen molar-refractivity contribution < 1.29 is 28.7 Å². The van der Waals surface area contributed by atoms with Gasteiger partial charge in [-0.05, 0) is 53.8 Å². The topological polar surface area (TPSA) is 108 Å². The number of aliphatic hydroxyl groups is 1. The summed E-state index contributed by atoms with van der Waals surface area (Å²) < 4.78 is 5.97. The van der Waals surface area contributed by atoms with Crippen LogP contribution in [0.15, 0.2) is 63.2 Å². The first-order valence-corrected chi connectivity index (χ1v) is 14.9. The Kier molecular flexibility index (Phi) is 5.94. The molecule has 8 nitrogen and oxygen atoms in total. The van der Waals surface area contributed by atoms with Gasteiger partial charge >= 0.3 is 0 Å². The molecule has 7 rings (SSSR count). The van der Waals surface area contributed by atoms with E-state index in [0.29, 0.717) is 24.4 Å². The highest BCUT2D eigenvalue weighted by Crippen LogP contribution is 2.58. The number of likely N-dealkylation sites (tertiary alicyclic amines) is 2. The Bertz CT molecular complexity index is 1490. The highest BCUT2D eigenvalue weighted by atomic mass is 32.1. The molecule has 4 amide bonds. The molecule has 200 valence electrons. The van der Waals surface area contributed by atoms with Gasteiger partial charge in [-0.15, -0.1) is 22.7 Å². The van der Waals surface area contributed by atoms with E-state index >= 15 is 0 Å². The normalized spacial score (nSPS) is 30.0. The standard InChI is InChI=1S/C29H26N2O6S2/c32-14-15-5-8-22(37-15)24-18-6-7-19-23(28(35)30(26(19)33)12-16-3-1-9-38-16)20(18)11-21-25(24)29(36)31(27(21)34)13-17-4-2-10-39-17/h1-6,8-10,19-21,23-25,32H,7,11-14H2. The first-order valence-electron chi connectivity index (χ1n) is 13.1. The molecule has 2 aliphatic carbocycles. The monoisotopic (exact) mass is 562 g/mol. The van der Waals surface area contributed by atoms with E-state index in [1.54, 1.807) is 12.1 Å². The van der Waals surface area contributed by atoms with Crippen LogP contribution in [0.2, 0.25) is 0 Å². The number of rotatable bonds is 6. The van der Waals surface area contributed by atoms with E-state index in [1.165, 1.54) is 32.5 Å². The largest absolute Gasteiger partial charge is 0.463 e. The van der Waals surface area contributed by atoms with Gasteiger partial charge in [0.25, 0.3) is 0 Å². The van der Waals surface area contributed by atoms with Crippen LogP contribution in [0, 0.1) is 29.6 Å². The molecule has 10 heteroatoms. The van der Waals surface area contributed by atoms with Crippen molar-refractivity contribution in [3.8, 4) is 0 Å². The van der Waals surface area contributed by atoms with Crippen LogP contribution in [0.25, 0.3) is 0 Å². The molecule has 5 heterocycles. The zero-order valence-corrected chi connectivity index (χ0v) is 22.5. The van der Waals surface area contributed by atoms with Gasteiger partial charge in [0.1, 0.15) is 18.1 Å². The predicted molar refractivity (Wildman–Crippen MR) is 142 cm³/mol. The molecule has 0 aromatic carbocycles. The highest BCUT2D eigenvalue weighted by Gasteiger charge is 2.62. The molecule has 6 unspecified atom stereocenters. The van der Waals surface area contributed by atoms with Crippen LogP contribution >= 0.6 is 22.7 Å². The molecule has 2 saturated heterocycles. The van der Waals surface area contributed by atoms with Crippen LogP contribution in [0.3, 0.4) is 0 Å². The van der Waals surface area contributed by atoms with Crippen molar-refractivity contribution in [1.29, 1.82) is 0 Å². The van der Waals surface area contributed by atoms with Crippen LogP contribution in [0.1, 0.15) is 40.0 Å². The molecular formula is C29H26N2O6S2. The van der Waals surface area contributed by atoms with Crippen LogP contribution in [0.4, 0.5) is 0 Å². The lowest BCUT2D eigenvalue weighted by atomic mass is 9.58. The van der Waals surface area contributed by atoms with Gasteiger partial charge in [-0.1, -0.05) is 23.8 Å². The van der Waals surface area contributed by atoms with Crippen molar-refractivity contribution in [2.75, 3.05) is 0 Å². The number of hydrogen-bond acceptors (Lipinski definition) is 8. The number of imide groups is 2. The van der Waals surface area contributed by atoms with Crippen LogP contribution in [-0.2, 0) is 38.9 Å². The predicted octanol–water partition coefficient (Wildman–Crippen LogP) is 3.93. The van der Waals surface area contributed by atoms with E-state index in [1.807, 2.05) is 41.1 Å². The van der Waals surface area contributed by atoms with Gasteiger partial charge in [0.2, 0.25) is 23.6 Å². The fourth-order valence-electron chi connectivity index (χ4n) is 7.11. The second-order valence-corrected chi connectivity index (χ2v) is 12.7. The van der Waals surface area contributed by atoms with Gasteiger partial charge in [0.05, 0.1) is 42.7 Å². The number of hydrogen-bond donors (Lipinski definition) is 1. The SMILES string of the molecule is O=C1C2CC=C3C(CC4C(=O)N(Cc5cccs5)C(=O)C4C3c3ccc(CO)o3)C2C(=O)N1Cc1cccs1. The molecule has 0 bridgehead atoms. The van der Waals surface area contributed by atoms with Gasteiger partial charge in [0.15, 0.2) is 0 Å². The molecule has 0 radical (unpaired) electrons. The van der Waals surface area contributed by atoms with E-state index in [2.05, 4.69) is 0 Å². The maximum absolute atomic E-state index is 13.8. The molecule has 2 aliphatic heterocycles. The van der Waals surface area contributed by atoms with Crippen LogP contribution in [0.5, 0.6) is 0 Å². The zero-order valence-electron chi connectivity index (χ0n) is 20.9. The Labute approximate surface area is 232 Å². The third-order valence-electron chi connectivity index (χ3n) is 8.76. The minimum atomic E-state index is -0.649. The fourth-order valence-corrected chi connectivity index (χ4v) is 8.50. The molecule has 4 aliphatic rings. The number of carbonyl (C=O) groups excluding carboxylic acids is 4. The Balaban J connectivity index is 1.27. The Morgan fingerprint density at radius 2 is 1.44 bits per heavy atom. The second-order valence-electron chi connectivity index (χ2n) is 10.7. The number of aliphatic hydroxyl groups excluding tert-OH is 1. The summed E-state index contributed by atoms with van der Waals surface area (Å²) in [5, 5.41) is 13.5. The fraction of sp³-hybridized carbons (Fsp3) is 0.379. The van der Waals surface area contributed by atoms with E-state index < -0.39 is 29.6 Å². The molecule has 3 fully saturated rings.